The van der Waals surface area contributed by atoms with Crippen LogP contribution in [0.15, 0.2) is 59.3 Å². The average Bonchev–Trinajstić information content (AvgIpc) is 2.73. The molecule has 0 atom stereocenters. The number of rotatable bonds is 1. The number of fused-ring (bicyclic) bond motifs is 1. The second kappa shape index (κ2) is 4.72. The monoisotopic (exact) mass is 289 g/mol. The highest BCUT2D eigenvalue weighted by Gasteiger charge is 2.11. The number of benzene rings is 1. The van der Waals surface area contributed by atoms with Crippen molar-refractivity contribution in [1.29, 1.82) is 0 Å². The smallest absolute Gasteiger partial charge is 0.262 e. The lowest BCUT2D eigenvalue weighted by atomic mass is 10.1. The Morgan fingerprint density at radius 3 is 2.47 bits per heavy atom. The van der Waals surface area contributed by atoms with Crippen LogP contribution in [0.3, 0.4) is 0 Å². The van der Waals surface area contributed by atoms with Crippen molar-refractivity contribution in [2.24, 2.45) is 0 Å². The minimum Gasteiger partial charge on any atom is -1.00 e. The molecule has 0 N–H and O–H groups in total. The first-order valence-corrected chi connectivity index (χ1v) is 5.31. The van der Waals surface area contributed by atoms with Gasteiger partial charge in [-0.05, 0) is 13.0 Å². The molecule has 17 heavy (non-hydrogen) atoms. The Hall–Kier alpha value is -1.61. The summed E-state index contributed by atoms with van der Waals surface area (Å²) in [6, 6.07) is 16.4. The maximum atomic E-state index is 5.71. The van der Waals surface area contributed by atoms with E-state index in [1.165, 1.54) is 5.56 Å². The van der Waals surface area contributed by atoms with E-state index >= 15 is 0 Å². The van der Waals surface area contributed by atoms with Crippen molar-refractivity contribution < 1.29 is 26.1 Å². The van der Waals surface area contributed by atoms with Crippen LogP contribution >= 0.6 is 0 Å². The normalized spacial score (nSPS) is 10.2. The number of aryl methyl sites for hydroxylation is 1. The summed E-state index contributed by atoms with van der Waals surface area (Å²) >= 11 is 0. The van der Waals surface area contributed by atoms with E-state index in [0.717, 1.165) is 16.8 Å². The summed E-state index contributed by atoms with van der Waals surface area (Å²) in [7, 11) is 0. The molecule has 0 aliphatic carbocycles. The lowest BCUT2D eigenvalue weighted by Crippen LogP contribution is -3.00. The fraction of sp³-hybridized carbons (Fsp3) is 0.0714. The van der Waals surface area contributed by atoms with Crippen molar-refractivity contribution in [3.8, 4) is 11.3 Å². The van der Waals surface area contributed by atoms with Gasteiger partial charge in [-0.15, -0.1) is 0 Å². The second-order valence-corrected chi connectivity index (χ2v) is 3.92. The third-order valence-electron chi connectivity index (χ3n) is 2.67. The number of aromatic nitrogens is 1. The van der Waals surface area contributed by atoms with E-state index < -0.39 is 0 Å². The lowest BCUT2D eigenvalue weighted by molar-refractivity contribution is -0.714. The fourth-order valence-electron chi connectivity index (χ4n) is 1.76. The number of halogens is 1. The molecule has 0 amide bonds. The first kappa shape index (κ1) is 11.9. The SMILES string of the molecule is Cc1ccc(-c2cc3cccc[n+]3o2)cc1.[Br-]. The maximum absolute atomic E-state index is 5.71. The molecule has 0 unspecified atom stereocenters. The van der Waals surface area contributed by atoms with Gasteiger partial charge in [0.15, 0.2) is 0 Å². The van der Waals surface area contributed by atoms with Crippen molar-refractivity contribution in [3.63, 3.8) is 0 Å². The van der Waals surface area contributed by atoms with Gasteiger partial charge >= 0.3 is 0 Å². The van der Waals surface area contributed by atoms with E-state index in [-0.39, 0.29) is 17.0 Å². The molecule has 3 aromatic rings. The Labute approximate surface area is 110 Å². The molecule has 0 saturated carbocycles. The van der Waals surface area contributed by atoms with Crippen LogP contribution in [0.1, 0.15) is 5.56 Å². The molecular formula is C14H12BrNO. The van der Waals surface area contributed by atoms with E-state index in [1.807, 2.05) is 30.5 Å². The second-order valence-electron chi connectivity index (χ2n) is 3.92. The number of hydrogen-bond acceptors (Lipinski definition) is 1. The first-order chi connectivity index (χ1) is 7.83. The van der Waals surface area contributed by atoms with Gasteiger partial charge in [-0.1, -0.05) is 29.8 Å². The molecule has 0 radical (unpaired) electrons. The Morgan fingerprint density at radius 2 is 1.76 bits per heavy atom. The molecule has 86 valence electrons. The standard InChI is InChI=1S/C14H12NO.BrH/c1-11-5-7-12(8-6-11)14-10-13-4-2-3-9-15(13)16-14;/h2-10H,1H3;1H/q+1;/p-1. The zero-order chi connectivity index (χ0) is 11.0. The van der Waals surface area contributed by atoms with Crippen LogP contribution in [-0.4, -0.2) is 0 Å². The van der Waals surface area contributed by atoms with Crippen LogP contribution in [0.2, 0.25) is 0 Å². The van der Waals surface area contributed by atoms with Crippen LogP contribution in [0.4, 0.5) is 0 Å². The predicted octanol–water partition coefficient (Wildman–Crippen LogP) is -0.00228. The fourth-order valence-corrected chi connectivity index (χ4v) is 1.76. The van der Waals surface area contributed by atoms with Gasteiger partial charge in [-0.3, -0.25) is 0 Å². The summed E-state index contributed by atoms with van der Waals surface area (Å²) in [5, 5.41) is 0. The molecule has 0 spiro atoms. The zero-order valence-electron chi connectivity index (χ0n) is 9.43. The molecule has 1 aromatic carbocycles. The largest absolute Gasteiger partial charge is 1.00 e. The predicted molar refractivity (Wildman–Crippen MR) is 62.0 cm³/mol. The molecule has 0 saturated heterocycles. The van der Waals surface area contributed by atoms with Gasteiger partial charge in [-0.25, -0.2) is 4.52 Å². The van der Waals surface area contributed by atoms with Crippen molar-refractivity contribution in [3.05, 3.63) is 60.3 Å². The maximum Gasteiger partial charge on any atom is 0.262 e. The topological polar surface area (TPSA) is 17.2 Å². The van der Waals surface area contributed by atoms with Crippen LogP contribution in [0, 0.1) is 6.92 Å². The van der Waals surface area contributed by atoms with Crippen LogP contribution < -0.4 is 21.6 Å². The number of nitrogens with zero attached hydrogens (tertiary/aromatic N) is 1. The Morgan fingerprint density at radius 1 is 1.00 bits per heavy atom. The van der Waals surface area contributed by atoms with Crippen molar-refractivity contribution in [2.75, 3.05) is 0 Å². The lowest BCUT2D eigenvalue weighted by Gasteiger charge is -1.93. The van der Waals surface area contributed by atoms with Gasteiger partial charge < -0.3 is 17.0 Å². The van der Waals surface area contributed by atoms with Gasteiger partial charge in [0, 0.05) is 22.3 Å². The molecule has 3 heteroatoms. The van der Waals surface area contributed by atoms with E-state index in [4.69, 9.17) is 4.52 Å². The van der Waals surface area contributed by atoms with Crippen molar-refractivity contribution in [1.82, 2.24) is 0 Å². The van der Waals surface area contributed by atoms with Crippen molar-refractivity contribution >= 4 is 5.52 Å². The van der Waals surface area contributed by atoms with Gasteiger partial charge in [0.05, 0.1) is 6.07 Å². The van der Waals surface area contributed by atoms with Gasteiger partial charge in [0.1, 0.15) is 0 Å². The minimum atomic E-state index is 0. The Bertz CT molecular complexity index is 595. The highest BCUT2D eigenvalue weighted by atomic mass is 79.9. The van der Waals surface area contributed by atoms with E-state index in [2.05, 4.69) is 31.2 Å². The summed E-state index contributed by atoms with van der Waals surface area (Å²) in [5.41, 5.74) is 3.43. The molecular weight excluding hydrogens is 278 g/mol. The molecule has 0 aliphatic heterocycles. The number of pyridine rings is 1. The molecule has 3 rings (SSSR count). The summed E-state index contributed by atoms with van der Waals surface area (Å²) < 4.78 is 7.48. The van der Waals surface area contributed by atoms with Crippen molar-refractivity contribution in [2.45, 2.75) is 6.92 Å². The Balaban J connectivity index is 0.00000108. The van der Waals surface area contributed by atoms with E-state index in [9.17, 15) is 0 Å². The number of hydrogen-bond donors (Lipinski definition) is 0. The summed E-state index contributed by atoms with van der Waals surface area (Å²) in [6.45, 7) is 2.08. The third-order valence-corrected chi connectivity index (χ3v) is 2.67. The third kappa shape index (κ3) is 2.24. The van der Waals surface area contributed by atoms with Crippen LogP contribution in [0.5, 0.6) is 0 Å². The molecule has 2 heterocycles. The van der Waals surface area contributed by atoms with E-state index in [1.54, 1.807) is 4.57 Å². The van der Waals surface area contributed by atoms with Gasteiger partial charge in [-0.2, -0.15) is 0 Å². The average molecular weight is 290 g/mol. The zero-order valence-corrected chi connectivity index (χ0v) is 11.0. The summed E-state index contributed by atoms with van der Waals surface area (Å²) in [6.07, 6.45) is 1.91. The highest BCUT2D eigenvalue weighted by Crippen LogP contribution is 2.20. The van der Waals surface area contributed by atoms with Crippen LogP contribution in [-0.2, 0) is 0 Å². The van der Waals surface area contributed by atoms with Crippen LogP contribution in [0.25, 0.3) is 16.8 Å². The van der Waals surface area contributed by atoms with Gasteiger partial charge in [0.2, 0.25) is 12.0 Å². The highest BCUT2D eigenvalue weighted by molar-refractivity contribution is 5.61. The molecule has 2 nitrogen and oxygen atoms in total. The molecule has 2 aromatic heterocycles. The molecule has 0 bridgehead atoms. The Kier molecular flexibility index (Phi) is 3.29. The van der Waals surface area contributed by atoms with E-state index in [0.29, 0.717) is 0 Å². The first-order valence-electron chi connectivity index (χ1n) is 5.31. The van der Waals surface area contributed by atoms with Gasteiger partial charge in [0.25, 0.3) is 5.52 Å². The molecule has 0 fully saturated rings. The summed E-state index contributed by atoms with van der Waals surface area (Å²) in [5.74, 6) is 0.895. The quantitative estimate of drug-likeness (QED) is 0.577. The summed E-state index contributed by atoms with van der Waals surface area (Å²) in [4.78, 5) is 0. The minimum absolute atomic E-state index is 0. The molecule has 0 aliphatic rings.